The van der Waals surface area contributed by atoms with Crippen molar-refractivity contribution in [2.24, 2.45) is 0 Å². The molecule has 0 saturated heterocycles. The Bertz CT molecular complexity index is 911. The van der Waals surface area contributed by atoms with Crippen LogP contribution in [0, 0.1) is 22.9 Å². The predicted octanol–water partition coefficient (Wildman–Crippen LogP) is 3.44. The van der Waals surface area contributed by atoms with Crippen LogP contribution in [0.2, 0.25) is 0 Å². The lowest BCUT2D eigenvalue weighted by Gasteiger charge is -2.27. The molecule has 26 heavy (non-hydrogen) atoms. The quantitative estimate of drug-likeness (QED) is 0.666. The van der Waals surface area contributed by atoms with E-state index in [1.165, 1.54) is 6.92 Å². The number of nitrogens with zero attached hydrogens (tertiary/aromatic N) is 1. The van der Waals surface area contributed by atoms with Crippen molar-refractivity contribution >= 4 is 11.6 Å². The number of hydrogen-bond donors (Lipinski definition) is 1. The summed E-state index contributed by atoms with van der Waals surface area (Å²) in [6.07, 6.45) is 0. The molecule has 2 aromatic rings. The molecule has 1 N–H and O–H groups in total. The van der Waals surface area contributed by atoms with Crippen molar-refractivity contribution < 1.29 is 23.6 Å². The van der Waals surface area contributed by atoms with E-state index in [2.05, 4.69) is 5.32 Å². The van der Waals surface area contributed by atoms with E-state index in [4.69, 9.17) is 9.47 Å². The summed E-state index contributed by atoms with van der Waals surface area (Å²) in [7, 11) is 0. The number of benzene rings is 2. The van der Waals surface area contributed by atoms with Gasteiger partial charge in [0.15, 0.2) is 11.5 Å². The number of carbonyl (C=O) groups is 1. The number of amides is 1. The van der Waals surface area contributed by atoms with Gasteiger partial charge in [0.05, 0.1) is 16.0 Å². The minimum atomic E-state index is -0.825. The van der Waals surface area contributed by atoms with Gasteiger partial charge in [0.2, 0.25) is 6.79 Å². The van der Waals surface area contributed by atoms with Crippen LogP contribution in [0.25, 0.3) is 0 Å². The largest absolute Gasteiger partial charge is 0.454 e. The zero-order valence-electron chi connectivity index (χ0n) is 14.5. The second kappa shape index (κ2) is 6.29. The smallest absolute Gasteiger partial charge is 0.276 e. The maximum Gasteiger partial charge on any atom is 0.276 e. The standard InChI is InChI=1S/C18H17FN2O5/c1-10-13(19)6-11(7-14(10)21(23)24)17(22)20-18(2,3)12-4-5-15-16(8-12)26-9-25-15/h4-8H,9H2,1-3H3,(H,20,22). The molecule has 8 heteroatoms. The van der Waals surface area contributed by atoms with Crippen LogP contribution in [0.4, 0.5) is 10.1 Å². The number of nitrogens with one attached hydrogen (secondary N) is 1. The van der Waals surface area contributed by atoms with E-state index in [1.54, 1.807) is 32.0 Å². The van der Waals surface area contributed by atoms with E-state index in [0.29, 0.717) is 11.5 Å². The van der Waals surface area contributed by atoms with Gasteiger partial charge in [-0.3, -0.25) is 14.9 Å². The Hall–Kier alpha value is -3.16. The van der Waals surface area contributed by atoms with Gasteiger partial charge in [0.25, 0.3) is 11.6 Å². The van der Waals surface area contributed by atoms with Crippen molar-refractivity contribution in [2.75, 3.05) is 6.79 Å². The topological polar surface area (TPSA) is 90.7 Å². The van der Waals surface area contributed by atoms with Gasteiger partial charge in [-0.15, -0.1) is 0 Å². The molecular formula is C18H17FN2O5. The summed E-state index contributed by atoms with van der Waals surface area (Å²) in [5, 5.41) is 13.8. The van der Waals surface area contributed by atoms with E-state index < -0.39 is 27.9 Å². The third-order valence-corrected chi connectivity index (χ3v) is 4.30. The first-order chi connectivity index (χ1) is 12.2. The van der Waals surface area contributed by atoms with Crippen LogP contribution in [-0.2, 0) is 5.54 Å². The highest BCUT2D eigenvalue weighted by atomic mass is 19.1. The Morgan fingerprint density at radius 1 is 1.23 bits per heavy atom. The van der Waals surface area contributed by atoms with Crippen LogP contribution in [0.15, 0.2) is 30.3 Å². The molecule has 0 spiro atoms. The highest BCUT2D eigenvalue weighted by molar-refractivity contribution is 5.95. The number of rotatable bonds is 4. The van der Waals surface area contributed by atoms with Crippen LogP contribution in [0.5, 0.6) is 11.5 Å². The summed E-state index contributed by atoms with van der Waals surface area (Å²) < 4.78 is 24.5. The molecule has 1 aliphatic heterocycles. The van der Waals surface area contributed by atoms with Crippen LogP contribution in [0.3, 0.4) is 0 Å². The van der Waals surface area contributed by atoms with E-state index in [-0.39, 0.29) is 17.9 Å². The predicted molar refractivity (Wildman–Crippen MR) is 90.8 cm³/mol. The normalized spacial score (nSPS) is 12.8. The van der Waals surface area contributed by atoms with Crippen LogP contribution in [-0.4, -0.2) is 17.6 Å². The van der Waals surface area contributed by atoms with Gasteiger partial charge in [0, 0.05) is 11.6 Å². The molecule has 0 fully saturated rings. The van der Waals surface area contributed by atoms with Crippen LogP contribution < -0.4 is 14.8 Å². The summed E-state index contributed by atoms with van der Waals surface area (Å²) in [5.41, 5.74) is -0.739. The second-order valence-corrected chi connectivity index (χ2v) is 6.51. The van der Waals surface area contributed by atoms with E-state index in [0.717, 1.165) is 17.7 Å². The van der Waals surface area contributed by atoms with E-state index >= 15 is 0 Å². The van der Waals surface area contributed by atoms with Crippen LogP contribution >= 0.6 is 0 Å². The monoisotopic (exact) mass is 360 g/mol. The number of ether oxygens (including phenoxy) is 2. The lowest BCUT2D eigenvalue weighted by molar-refractivity contribution is -0.385. The fraction of sp³-hybridized carbons (Fsp3) is 0.278. The Morgan fingerprint density at radius 3 is 2.62 bits per heavy atom. The summed E-state index contributed by atoms with van der Waals surface area (Å²) in [6.45, 7) is 4.96. The molecule has 2 aromatic carbocycles. The maximum atomic E-state index is 14.0. The highest BCUT2D eigenvalue weighted by Gasteiger charge is 2.27. The molecular weight excluding hydrogens is 343 g/mol. The Morgan fingerprint density at radius 2 is 1.92 bits per heavy atom. The second-order valence-electron chi connectivity index (χ2n) is 6.51. The van der Waals surface area contributed by atoms with E-state index in [9.17, 15) is 19.3 Å². The summed E-state index contributed by atoms with van der Waals surface area (Å²) >= 11 is 0. The van der Waals surface area contributed by atoms with E-state index in [1.807, 2.05) is 0 Å². The summed E-state index contributed by atoms with van der Waals surface area (Å²) in [5.74, 6) is -0.228. The molecule has 0 aliphatic carbocycles. The zero-order valence-corrected chi connectivity index (χ0v) is 14.5. The number of hydrogen-bond acceptors (Lipinski definition) is 5. The SMILES string of the molecule is Cc1c(F)cc(C(=O)NC(C)(C)c2ccc3c(c2)OCO3)cc1[N+](=O)[O-]. The first kappa shape index (κ1) is 17.7. The molecule has 1 heterocycles. The van der Waals surface area contributed by atoms with Crippen molar-refractivity contribution in [2.45, 2.75) is 26.3 Å². The van der Waals surface area contributed by atoms with Gasteiger partial charge in [-0.05, 0) is 44.5 Å². The number of fused-ring (bicyclic) bond motifs is 1. The molecule has 0 bridgehead atoms. The van der Waals surface area contributed by atoms with Gasteiger partial charge in [-0.2, -0.15) is 0 Å². The van der Waals surface area contributed by atoms with Crippen molar-refractivity contribution in [3.63, 3.8) is 0 Å². The number of carbonyl (C=O) groups excluding carboxylic acids is 1. The number of nitro groups is 1. The molecule has 0 aromatic heterocycles. The number of nitro benzene ring substituents is 1. The fourth-order valence-electron chi connectivity index (χ4n) is 2.70. The van der Waals surface area contributed by atoms with Crippen molar-refractivity contribution in [3.05, 3.63) is 63.0 Å². The summed E-state index contributed by atoms with van der Waals surface area (Å²) in [4.78, 5) is 22.9. The first-order valence-electron chi connectivity index (χ1n) is 7.86. The molecule has 1 aliphatic rings. The molecule has 0 unspecified atom stereocenters. The Labute approximate surface area is 148 Å². The zero-order chi connectivity index (χ0) is 19.1. The average molecular weight is 360 g/mol. The molecule has 7 nitrogen and oxygen atoms in total. The molecule has 1 amide bonds. The molecule has 0 saturated carbocycles. The van der Waals surface area contributed by atoms with Crippen molar-refractivity contribution in [1.29, 1.82) is 0 Å². The van der Waals surface area contributed by atoms with Gasteiger partial charge >= 0.3 is 0 Å². The first-order valence-corrected chi connectivity index (χ1v) is 7.86. The molecule has 3 rings (SSSR count). The van der Waals surface area contributed by atoms with Gasteiger partial charge in [-0.1, -0.05) is 6.07 Å². The third kappa shape index (κ3) is 3.17. The summed E-state index contributed by atoms with van der Waals surface area (Å²) in [6, 6.07) is 7.34. The van der Waals surface area contributed by atoms with Crippen LogP contribution in [0.1, 0.15) is 35.3 Å². The van der Waals surface area contributed by atoms with Gasteiger partial charge in [-0.25, -0.2) is 4.39 Å². The minimum Gasteiger partial charge on any atom is -0.454 e. The molecule has 136 valence electrons. The highest BCUT2D eigenvalue weighted by Crippen LogP contribution is 2.35. The minimum absolute atomic E-state index is 0.110. The average Bonchev–Trinajstić information content (AvgIpc) is 3.04. The fourth-order valence-corrected chi connectivity index (χ4v) is 2.70. The Kier molecular flexibility index (Phi) is 4.27. The van der Waals surface area contributed by atoms with Crippen molar-refractivity contribution in [3.8, 4) is 11.5 Å². The maximum absolute atomic E-state index is 14.0. The van der Waals surface area contributed by atoms with Crippen molar-refractivity contribution in [1.82, 2.24) is 5.32 Å². The Balaban J connectivity index is 1.88. The van der Waals surface area contributed by atoms with Gasteiger partial charge in [0.1, 0.15) is 5.82 Å². The molecule has 0 radical (unpaired) electrons. The number of halogens is 1. The lowest BCUT2D eigenvalue weighted by atomic mass is 9.93. The third-order valence-electron chi connectivity index (χ3n) is 4.30. The lowest BCUT2D eigenvalue weighted by Crippen LogP contribution is -2.41. The molecule has 0 atom stereocenters. The van der Waals surface area contributed by atoms with Gasteiger partial charge < -0.3 is 14.8 Å².